The van der Waals surface area contributed by atoms with E-state index in [0.29, 0.717) is 25.0 Å². The lowest BCUT2D eigenvalue weighted by Crippen LogP contribution is -2.29. The Labute approximate surface area is 224 Å². The van der Waals surface area contributed by atoms with Crippen molar-refractivity contribution in [2.75, 3.05) is 13.2 Å². The molecule has 4 nitrogen and oxygen atoms in total. The summed E-state index contributed by atoms with van der Waals surface area (Å²) < 4.78 is 11.3. The zero-order chi connectivity index (χ0) is 26.8. The predicted molar refractivity (Wildman–Crippen MR) is 151 cm³/mol. The van der Waals surface area contributed by atoms with Crippen molar-refractivity contribution in [1.29, 1.82) is 0 Å². The second kappa shape index (κ2) is 20.0. The molecule has 4 unspecified atom stereocenters. The van der Waals surface area contributed by atoms with Crippen molar-refractivity contribution in [3.63, 3.8) is 0 Å². The second-order valence-corrected chi connectivity index (χ2v) is 12.4. The summed E-state index contributed by atoms with van der Waals surface area (Å²) in [4.78, 5) is 25.1. The molecule has 1 fully saturated rings. The van der Waals surface area contributed by atoms with Crippen molar-refractivity contribution < 1.29 is 19.1 Å². The van der Waals surface area contributed by atoms with Gasteiger partial charge in [-0.05, 0) is 62.2 Å². The van der Waals surface area contributed by atoms with Gasteiger partial charge in [-0.3, -0.25) is 9.59 Å². The minimum absolute atomic E-state index is 0.0519. The standard InChI is InChI=1S/C32H60O4/c1-7-9-13-25(3)15-11-17-27(5)23-35-31(33)29-19-21-30(22-20-29)32(34)36-24-28(6)18-12-16-26(4)14-10-8-2/h25-30H,7-24H2,1-6H3. The first-order valence-electron chi connectivity index (χ1n) is 15.6. The van der Waals surface area contributed by atoms with Crippen molar-refractivity contribution in [2.24, 2.45) is 35.5 Å². The number of rotatable bonds is 20. The van der Waals surface area contributed by atoms with E-state index in [1.165, 1.54) is 64.2 Å². The van der Waals surface area contributed by atoms with E-state index in [-0.39, 0.29) is 23.8 Å². The average molecular weight is 509 g/mol. The summed E-state index contributed by atoms with van der Waals surface area (Å²) in [6, 6.07) is 0. The zero-order valence-electron chi connectivity index (χ0n) is 24.8. The van der Waals surface area contributed by atoms with Gasteiger partial charge in [-0.25, -0.2) is 0 Å². The fraction of sp³-hybridized carbons (Fsp3) is 0.938. The lowest BCUT2D eigenvalue weighted by Gasteiger charge is -2.26. The molecule has 36 heavy (non-hydrogen) atoms. The number of ether oxygens (including phenoxy) is 2. The summed E-state index contributed by atoms with van der Waals surface area (Å²) in [5.41, 5.74) is 0. The molecule has 0 heterocycles. The third-order valence-electron chi connectivity index (χ3n) is 8.30. The highest BCUT2D eigenvalue weighted by molar-refractivity contribution is 5.75. The first-order chi connectivity index (χ1) is 17.3. The lowest BCUT2D eigenvalue weighted by atomic mass is 9.82. The van der Waals surface area contributed by atoms with E-state index in [0.717, 1.165) is 50.4 Å². The Morgan fingerprint density at radius 3 is 1.19 bits per heavy atom. The molecule has 0 aromatic rings. The van der Waals surface area contributed by atoms with Crippen LogP contribution in [-0.2, 0) is 19.1 Å². The molecular weight excluding hydrogens is 448 g/mol. The van der Waals surface area contributed by atoms with E-state index in [9.17, 15) is 9.59 Å². The lowest BCUT2D eigenvalue weighted by molar-refractivity contribution is -0.156. The number of carbonyl (C=O) groups is 2. The Kier molecular flexibility index (Phi) is 18.3. The Bertz CT molecular complexity index is 517. The quantitative estimate of drug-likeness (QED) is 0.154. The highest BCUT2D eigenvalue weighted by atomic mass is 16.5. The van der Waals surface area contributed by atoms with Crippen LogP contribution in [-0.4, -0.2) is 25.2 Å². The monoisotopic (exact) mass is 508 g/mol. The van der Waals surface area contributed by atoms with E-state index in [2.05, 4.69) is 41.5 Å². The molecule has 0 spiro atoms. The van der Waals surface area contributed by atoms with Gasteiger partial charge < -0.3 is 9.47 Å². The SMILES string of the molecule is CCCCC(C)CCCC(C)COC(=O)C1CCC(C(=O)OCC(C)CCCC(C)CCCC)CC1. The number of hydrogen-bond donors (Lipinski definition) is 0. The summed E-state index contributed by atoms with van der Waals surface area (Å²) in [6.07, 6.45) is 18.1. The van der Waals surface area contributed by atoms with Crippen LogP contribution in [0.5, 0.6) is 0 Å². The van der Waals surface area contributed by atoms with Gasteiger partial charge in [-0.2, -0.15) is 0 Å². The predicted octanol–water partition coefficient (Wildman–Crippen LogP) is 9.14. The van der Waals surface area contributed by atoms with Crippen molar-refractivity contribution >= 4 is 11.9 Å². The number of unbranched alkanes of at least 4 members (excludes halogenated alkanes) is 2. The summed E-state index contributed by atoms with van der Waals surface area (Å²) in [5, 5.41) is 0. The van der Waals surface area contributed by atoms with Crippen LogP contribution >= 0.6 is 0 Å². The van der Waals surface area contributed by atoms with Gasteiger partial charge in [-0.15, -0.1) is 0 Å². The molecular formula is C32H60O4. The Morgan fingerprint density at radius 2 is 0.861 bits per heavy atom. The molecule has 1 rings (SSSR count). The Hall–Kier alpha value is -1.06. The number of esters is 2. The van der Waals surface area contributed by atoms with Gasteiger partial charge in [0.2, 0.25) is 0 Å². The van der Waals surface area contributed by atoms with E-state index < -0.39 is 0 Å². The maximum absolute atomic E-state index is 12.6. The van der Waals surface area contributed by atoms with Gasteiger partial charge in [0.15, 0.2) is 0 Å². The van der Waals surface area contributed by atoms with Gasteiger partial charge >= 0.3 is 11.9 Å². The fourth-order valence-electron chi connectivity index (χ4n) is 5.44. The third kappa shape index (κ3) is 15.3. The fourth-order valence-corrected chi connectivity index (χ4v) is 5.44. The zero-order valence-corrected chi connectivity index (χ0v) is 24.8. The molecule has 0 aromatic heterocycles. The van der Waals surface area contributed by atoms with Crippen molar-refractivity contribution in [2.45, 2.75) is 144 Å². The normalized spacial score (nSPS) is 21.4. The summed E-state index contributed by atoms with van der Waals surface area (Å²) in [5.74, 6) is 2.20. The van der Waals surface area contributed by atoms with Gasteiger partial charge in [0.25, 0.3) is 0 Å². The van der Waals surface area contributed by atoms with E-state index in [1.807, 2.05) is 0 Å². The van der Waals surface area contributed by atoms with Crippen LogP contribution in [0.1, 0.15) is 144 Å². The minimum Gasteiger partial charge on any atom is -0.465 e. The maximum atomic E-state index is 12.6. The third-order valence-corrected chi connectivity index (χ3v) is 8.30. The number of hydrogen-bond acceptors (Lipinski definition) is 4. The Morgan fingerprint density at radius 1 is 0.556 bits per heavy atom. The summed E-state index contributed by atoms with van der Waals surface area (Å²) in [6.45, 7) is 14.6. The van der Waals surface area contributed by atoms with E-state index >= 15 is 0 Å². The van der Waals surface area contributed by atoms with Crippen molar-refractivity contribution in [1.82, 2.24) is 0 Å². The van der Waals surface area contributed by atoms with Gasteiger partial charge in [0, 0.05) is 0 Å². The molecule has 0 N–H and O–H groups in total. The van der Waals surface area contributed by atoms with Crippen LogP contribution in [0.3, 0.4) is 0 Å². The van der Waals surface area contributed by atoms with Crippen LogP contribution in [0.25, 0.3) is 0 Å². The molecule has 4 atom stereocenters. The second-order valence-electron chi connectivity index (χ2n) is 12.4. The van der Waals surface area contributed by atoms with Crippen LogP contribution in [0.2, 0.25) is 0 Å². The molecule has 1 aliphatic carbocycles. The van der Waals surface area contributed by atoms with E-state index in [4.69, 9.17) is 9.47 Å². The highest BCUT2D eigenvalue weighted by Crippen LogP contribution is 2.31. The molecule has 0 bridgehead atoms. The molecule has 0 radical (unpaired) electrons. The molecule has 0 amide bonds. The smallest absolute Gasteiger partial charge is 0.308 e. The van der Waals surface area contributed by atoms with E-state index in [1.54, 1.807) is 0 Å². The first kappa shape index (κ1) is 33.0. The molecule has 1 saturated carbocycles. The average Bonchev–Trinajstić information content (AvgIpc) is 2.88. The molecule has 1 aliphatic rings. The van der Waals surface area contributed by atoms with Gasteiger partial charge in [-0.1, -0.05) is 106 Å². The van der Waals surface area contributed by atoms with Crippen LogP contribution in [0, 0.1) is 35.5 Å². The molecule has 0 saturated heterocycles. The van der Waals surface area contributed by atoms with Crippen LogP contribution < -0.4 is 0 Å². The van der Waals surface area contributed by atoms with Crippen molar-refractivity contribution in [3.8, 4) is 0 Å². The molecule has 0 aromatic carbocycles. The van der Waals surface area contributed by atoms with Crippen LogP contribution in [0.15, 0.2) is 0 Å². The van der Waals surface area contributed by atoms with Crippen LogP contribution in [0.4, 0.5) is 0 Å². The molecule has 212 valence electrons. The summed E-state index contributed by atoms with van der Waals surface area (Å²) >= 11 is 0. The number of carbonyl (C=O) groups excluding carboxylic acids is 2. The maximum Gasteiger partial charge on any atom is 0.308 e. The minimum atomic E-state index is -0.0632. The van der Waals surface area contributed by atoms with Gasteiger partial charge in [0.1, 0.15) is 0 Å². The molecule has 0 aliphatic heterocycles. The highest BCUT2D eigenvalue weighted by Gasteiger charge is 2.32. The topological polar surface area (TPSA) is 52.6 Å². The largest absolute Gasteiger partial charge is 0.465 e. The Balaban J connectivity index is 2.15. The van der Waals surface area contributed by atoms with Crippen molar-refractivity contribution in [3.05, 3.63) is 0 Å². The van der Waals surface area contributed by atoms with Gasteiger partial charge in [0.05, 0.1) is 25.0 Å². The molecule has 4 heteroatoms. The summed E-state index contributed by atoms with van der Waals surface area (Å²) in [7, 11) is 0. The first-order valence-corrected chi connectivity index (χ1v) is 15.6.